The number of carbonyl (C=O) groups excluding carboxylic acids is 3. The molecule has 31 heavy (non-hydrogen) atoms. The lowest BCUT2D eigenvalue weighted by Crippen LogP contribution is -2.51. The van der Waals surface area contributed by atoms with Gasteiger partial charge in [0.2, 0.25) is 15.9 Å². The lowest BCUT2D eigenvalue weighted by atomic mass is 10.2. The molecule has 0 radical (unpaired) electrons. The first kappa shape index (κ1) is 26.4. The van der Waals surface area contributed by atoms with Gasteiger partial charge in [-0.2, -0.15) is 4.72 Å². The number of benzene rings is 1. The van der Waals surface area contributed by atoms with Gasteiger partial charge in [0.15, 0.2) is 0 Å². The molecular formula is C20H31N3O7S. The van der Waals surface area contributed by atoms with Crippen molar-refractivity contribution < 1.29 is 32.3 Å². The Hall–Kier alpha value is -2.66. The maximum Gasteiger partial charge on any atom is 0.408 e. The maximum atomic E-state index is 12.6. The van der Waals surface area contributed by atoms with Crippen LogP contribution in [-0.4, -0.2) is 56.7 Å². The zero-order valence-corrected chi connectivity index (χ0v) is 19.5. The lowest BCUT2D eigenvalue weighted by Gasteiger charge is -2.25. The Balaban J connectivity index is 2.80. The molecule has 3 N–H and O–H groups in total. The highest BCUT2D eigenvalue weighted by atomic mass is 32.2. The topological polar surface area (TPSA) is 140 Å². The van der Waals surface area contributed by atoms with E-state index in [-0.39, 0.29) is 11.4 Å². The van der Waals surface area contributed by atoms with Gasteiger partial charge in [0.1, 0.15) is 17.2 Å². The summed E-state index contributed by atoms with van der Waals surface area (Å²) in [6, 6.07) is 6.11. The summed E-state index contributed by atoms with van der Waals surface area (Å²) in [7, 11) is -4.05. The molecule has 1 rings (SSSR count). The Bertz CT molecular complexity index is 872. The Morgan fingerprint density at radius 1 is 0.903 bits per heavy atom. The molecule has 0 saturated heterocycles. The van der Waals surface area contributed by atoms with E-state index in [0.29, 0.717) is 0 Å². The highest BCUT2D eigenvalue weighted by molar-refractivity contribution is 7.89. The minimum Gasteiger partial charge on any atom is -0.459 e. The molecule has 0 fully saturated rings. The molecule has 0 bridgehead atoms. The minimum absolute atomic E-state index is 0.0403. The number of amides is 2. The molecule has 0 saturated carbocycles. The van der Waals surface area contributed by atoms with E-state index in [1.54, 1.807) is 59.7 Å². The zero-order chi connectivity index (χ0) is 23.9. The van der Waals surface area contributed by atoms with Gasteiger partial charge in [-0.1, -0.05) is 18.2 Å². The fourth-order valence-corrected chi connectivity index (χ4v) is 3.35. The van der Waals surface area contributed by atoms with Crippen LogP contribution in [0.5, 0.6) is 0 Å². The molecule has 10 nitrogen and oxygen atoms in total. The van der Waals surface area contributed by atoms with Crippen molar-refractivity contribution in [2.24, 2.45) is 0 Å². The second-order valence-electron chi connectivity index (χ2n) is 8.68. The van der Waals surface area contributed by atoms with Gasteiger partial charge in [0.05, 0.1) is 11.4 Å². The van der Waals surface area contributed by atoms with Crippen molar-refractivity contribution in [3.8, 4) is 0 Å². The van der Waals surface area contributed by atoms with Gasteiger partial charge >= 0.3 is 12.1 Å². The second kappa shape index (κ2) is 10.6. The number of rotatable bonds is 8. The number of alkyl carbamates (subject to hydrolysis) is 1. The second-order valence-corrected chi connectivity index (χ2v) is 10.4. The lowest BCUT2D eigenvalue weighted by molar-refractivity contribution is -0.156. The van der Waals surface area contributed by atoms with Crippen LogP contribution in [0.3, 0.4) is 0 Å². The number of nitrogens with one attached hydrogen (secondary N) is 3. The summed E-state index contributed by atoms with van der Waals surface area (Å²) in [4.78, 5) is 36.2. The van der Waals surface area contributed by atoms with Crippen LogP contribution in [0.25, 0.3) is 0 Å². The highest BCUT2D eigenvalue weighted by Gasteiger charge is 2.30. The normalized spacial score (nSPS) is 13.1. The van der Waals surface area contributed by atoms with E-state index in [9.17, 15) is 22.8 Å². The molecule has 0 aliphatic heterocycles. The Morgan fingerprint density at radius 2 is 1.45 bits per heavy atom. The van der Waals surface area contributed by atoms with Crippen LogP contribution in [0.15, 0.2) is 35.2 Å². The molecule has 0 heterocycles. The third-order valence-corrected chi connectivity index (χ3v) is 4.83. The van der Waals surface area contributed by atoms with E-state index in [2.05, 4.69) is 15.4 Å². The number of sulfonamides is 1. The van der Waals surface area contributed by atoms with Crippen molar-refractivity contribution in [2.75, 3.05) is 13.1 Å². The molecule has 0 aliphatic carbocycles. The monoisotopic (exact) mass is 457 g/mol. The maximum absolute atomic E-state index is 12.6. The van der Waals surface area contributed by atoms with Gasteiger partial charge in [-0.05, 0) is 53.7 Å². The summed E-state index contributed by atoms with van der Waals surface area (Å²) in [6.45, 7) is 9.15. The van der Waals surface area contributed by atoms with Crippen LogP contribution in [-0.2, 0) is 29.1 Å². The third-order valence-electron chi connectivity index (χ3n) is 3.34. The summed E-state index contributed by atoms with van der Waals surface area (Å²) < 4.78 is 37.7. The molecule has 0 aliphatic rings. The summed E-state index contributed by atoms with van der Waals surface area (Å²) in [5.41, 5.74) is -1.59. The summed E-state index contributed by atoms with van der Waals surface area (Å²) >= 11 is 0. The molecule has 0 unspecified atom stereocenters. The fraction of sp³-hybridized carbons (Fsp3) is 0.550. The summed E-state index contributed by atoms with van der Waals surface area (Å²) in [5.74, 6) is -1.49. The van der Waals surface area contributed by atoms with Gasteiger partial charge < -0.3 is 20.1 Å². The smallest absolute Gasteiger partial charge is 0.408 e. The van der Waals surface area contributed by atoms with Crippen LogP contribution in [0.2, 0.25) is 0 Å². The molecule has 1 aromatic carbocycles. The average Bonchev–Trinajstić information content (AvgIpc) is 2.61. The van der Waals surface area contributed by atoms with Crippen molar-refractivity contribution in [3.63, 3.8) is 0 Å². The van der Waals surface area contributed by atoms with Crippen molar-refractivity contribution in [3.05, 3.63) is 30.3 Å². The number of hydrogen-bond acceptors (Lipinski definition) is 7. The summed E-state index contributed by atoms with van der Waals surface area (Å²) in [5, 5.41) is 4.68. The fourth-order valence-electron chi connectivity index (χ4n) is 2.15. The van der Waals surface area contributed by atoms with Crippen molar-refractivity contribution in [1.29, 1.82) is 0 Å². The number of carbonyl (C=O) groups is 3. The number of hydrogen-bond donors (Lipinski definition) is 3. The zero-order valence-electron chi connectivity index (χ0n) is 18.6. The molecule has 0 spiro atoms. The predicted octanol–water partition coefficient (Wildman–Crippen LogP) is 1.32. The Kier molecular flexibility index (Phi) is 9.00. The molecule has 1 atom stereocenters. The van der Waals surface area contributed by atoms with E-state index in [0.717, 1.165) is 0 Å². The van der Waals surface area contributed by atoms with Gasteiger partial charge in [-0.15, -0.1) is 0 Å². The molecule has 2 amide bonds. The highest BCUT2D eigenvalue weighted by Crippen LogP contribution is 2.12. The molecule has 0 aromatic heterocycles. The number of ether oxygens (including phenoxy) is 2. The van der Waals surface area contributed by atoms with E-state index in [1.165, 1.54) is 12.1 Å². The average molecular weight is 458 g/mol. The van der Waals surface area contributed by atoms with E-state index in [1.807, 2.05) is 0 Å². The first-order chi connectivity index (χ1) is 14.1. The SMILES string of the molecule is CC(C)(C)OC(=O)NCC(=O)NC[C@H](NS(=O)(=O)c1ccccc1)C(=O)OC(C)(C)C. The molecular weight excluding hydrogens is 426 g/mol. The van der Waals surface area contributed by atoms with Gasteiger partial charge in [-0.3, -0.25) is 9.59 Å². The van der Waals surface area contributed by atoms with Gasteiger partial charge in [0, 0.05) is 6.54 Å². The Morgan fingerprint density at radius 3 is 1.97 bits per heavy atom. The standard InChI is InChI=1S/C20H31N3O7S/c1-19(2,3)29-17(25)15(23-31(27,28)14-10-8-7-9-11-14)12-21-16(24)13-22-18(26)30-20(4,5)6/h7-11,15,23H,12-13H2,1-6H3,(H,21,24)(H,22,26)/t15-/m0/s1. The molecule has 11 heteroatoms. The first-order valence-corrected chi connectivity index (χ1v) is 11.1. The summed E-state index contributed by atoms with van der Waals surface area (Å²) in [6.07, 6.45) is -0.781. The quantitative estimate of drug-likeness (QED) is 0.500. The molecule has 174 valence electrons. The van der Waals surface area contributed by atoms with E-state index < -0.39 is 51.8 Å². The van der Waals surface area contributed by atoms with Crippen molar-refractivity contribution in [2.45, 2.75) is 63.7 Å². The van der Waals surface area contributed by atoms with Crippen LogP contribution in [0.4, 0.5) is 4.79 Å². The van der Waals surface area contributed by atoms with Crippen LogP contribution in [0, 0.1) is 0 Å². The minimum atomic E-state index is -4.05. The molecule has 1 aromatic rings. The van der Waals surface area contributed by atoms with Crippen molar-refractivity contribution >= 4 is 28.0 Å². The van der Waals surface area contributed by atoms with E-state index >= 15 is 0 Å². The van der Waals surface area contributed by atoms with Crippen molar-refractivity contribution in [1.82, 2.24) is 15.4 Å². The van der Waals surface area contributed by atoms with Crippen LogP contribution < -0.4 is 15.4 Å². The number of esters is 1. The third kappa shape index (κ3) is 10.8. The van der Waals surface area contributed by atoms with Gasteiger partial charge in [-0.25, -0.2) is 13.2 Å². The largest absolute Gasteiger partial charge is 0.459 e. The Labute approximate surface area is 183 Å². The van der Waals surface area contributed by atoms with Crippen LogP contribution >= 0.6 is 0 Å². The van der Waals surface area contributed by atoms with Gasteiger partial charge in [0.25, 0.3) is 0 Å². The first-order valence-electron chi connectivity index (χ1n) is 9.63. The van der Waals surface area contributed by atoms with E-state index in [4.69, 9.17) is 9.47 Å². The predicted molar refractivity (Wildman–Crippen MR) is 114 cm³/mol. The van der Waals surface area contributed by atoms with Crippen LogP contribution in [0.1, 0.15) is 41.5 Å².